The lowest BCUT2D eigenvalue weighted by Gasteiger charge is -2.51. The topological polar surface area (TPSA) is 80.3 Å². The van der Waals surface area contributed by atoms with Crippen LogP contribution in [0.15, 0.2) is 78.9 Å². The van der Waals surface area contributed by atoms with Crippen LogP contribution in [-0.4, -0.2) is 75.1 Å². The standard InChI is InChI=1S/C35H43N3O5/c1-37(20-17-32(41-2)42-3)33(39)28-15-13-26(14-16-28)25-38-21-18-35(19-22-38)23-29(24-35)43-34(40)36-31-12-8-7-11-30(31)27-9-5-4-6-10-27/h4-16,29,32H,17-25H2,1-3H3,(H,36,40). The van der Waals surface area contributed by atoms with Crippen molar-refractivity contribution in [1.29, 1.82) is 0 Å². The fourth-order valence-electron chi connectivity index (χ4n) is 6.30. The van der Waals surface area contributed by atoms with Crippen LogP contribution in [0, 0.1) is 5.41 Å². The average molecular weight is 586 g/mol. The predicted molar refractivity (Wildman–Crippen MR) is 168 cm³/mol. The molecule has 3 aromatic rings. The van der Waals surface area contributed by atoms with E-state index in [4.69, 9.17) is 14.2 Å². The third-order valence-corrected chi connectivity index (χ3v) is 8.94. The minimum Gasteiger partial charge on any atom is -0.446 e. The summed E-state index contributed by atoms with van der Waals surface area (Å²) < 4.78 is 16.2. The van der Waals surface area contributed by atoms with Crippen molar-refractivity contribution in [2.45, 2.75) is 51.0 Å². The maximum atomic E-state index is 12.8. The van der Waals surface area contributed by atoms with Crippen LogP contribution in [0.5, 0.6) is 0 Å². The van der Waals surface area contributed by atoms with E-state index >= 15 is 0 Å². The SMILES string of the molecule is COC(CCN(C)C(=O)c1ccc(CN2CCC3(CC2)CC(OC(=O)Nc2ccccc2-c2ccccc2)C3)cc1)OC. The first-order chi connectivity index (χ1) is 20.9. The van der Waals surface area contributed by atoms with Gasteiger partial charge in [-0.1, -0.05) is 60.7 Å². The highest BCUT2D eigenvalue weighted by molar-refractivity contribution is 5.94. The quantitative estimate of drug-likeness (QED) is 0.261. The van der Waals surface area contributed by atoms with E-state index in [0.717, 1.165) is 62.1 Å². The van der Waals surface area contributed by atoms with Gasteiger partial charge in [-0.25, -0.2) is 4.79 Å². The molecule has 43 heavy (non-hydrogen) atoms. The molecule has 8 nitrogen and oxygen atoms in total. The number of carbonyl (C=O) groups excluding carboxylic acids is 2. The number of para-hydroxylation sites is 1. The zero-order chi connectivity index (χ0) is 30.2. The van der Waals surface area contributed by atoms with E-state index in [1.54, 1.807) is 26.2 Å². The monoisotopic (exact) mass is 585 g/mol. The summed E-state index contributed by atoms with van der Waals surface area (Å²) in [4.78, 5) is 29.7. The van der Waals surface area contributed by atoms with Gasteiger partial charge in [0.1, 0.15) is 6.10 Å². The molecule has 2 fully saturated rings. The van der Waals surface area contributed by atoms with Crippen LogP contribution in [0.1, 0.15) is 48.0 Å². The van der Waals surface area contributed by atoms with Gasteiger partial charge in [0.2, 0.25) is 0 Å². The first kappa shape index (κ1) is 30.7. The van der Waals surface area contributed by atoms with E-state index in [0.29, 0.717) is 18.5 Å². The van der Waals surface area contributed by atoms with Crippen molar-refractivity contribution in [3.05, 3.63) is 90.0 Å². The Kier molecular flexibility index (Phi) is 10.1. The van der Waals surface area contributed by atoms with E-state index in [2.05, 4.69) is 22.3 Å². The van der Waals surface area contributed by atoms with Crippen LogP contribution in [0.4, 0.5) is 10.5 Å². The molecule has 5 rings (SSSR count). The lowest BCUT2D eigenvalue weighted by atomic mass is 9.61. The Labute approximate surface area is 254 Å². The average Bonchev–Trinajstić information content (AvgIpc) is 3.02. The Bertz CT molecular complexity index is 1340. The molecule has 0 atom stereocenters. The van der Waals surface area contributed by atoms with Crippen LogP contribution in [0.25, 0.3) is 11.1 Å². The fourth-order valence-corrected chi connectivity index (χ4v) is 6.30. The number of hydrogen-bond acceptors (Lipinski definition) is 6. The third-order valence-electron chi connectivity index (χ3n) is 8.94. The number of hydrogen-bond donors (Lipinski definition) is 1. The summed E-state index contributed by atoms with van der Waals surface area (Å²) in [6.07, 6.45) is 3.95. The highest BCUT2D eigenvalue weighted by Crippen LogP contribution is 2.50. The summed E-state index contributed by atoms with van der Waals surface area (Å²) in [5.41, 5.74) is 4.95. The van der Waals surface area contributed by atoms with Gasteiger partial charge in [-0.3, -0.25) is 15.0 Å². The van der Waals surface area contributed by atoms with Crippen molar-refractivity contribution in [3.8, 4) is 11.1 Å². The van der Waals surface area contributed by atoms with Crippen LogP contribution >= 0.6 is 0 Å². The Hall–Kier alpha value is -3.72. The number of rotatable bonds is 11. The van der Waals surface area contributed by atoms with Gasteiger partial charge in [-0.15, -0.1) is 0 Å². The molecule has 0 aromatic heterocycles. The second-order valence-electron chi connectivity index (χ2n) is 11.9. The number of piperidine rings is 1. The van der Waals surface area contributed by atoms with E-state index < -0.39 is 0 Å². The molecule has 1 aliphatic carbocycles. The Morgan fingerprint density at radius 1 is 0.930 bits per heavy atom. The molecule has 228 valence electrons. The normalized spacial score (nSPS) is 16.6. The minimum absolute atomic E-state index is 0.00624. The molecule has 8 heteroatoms. The highest BCUT2D eigenvalue weighted by atomic mass is 16.7. The van der Waals surface area contributed by atoms with Crippen LogP contribution < -0.4 is 5.32 Å². The molecule has 1 N–H and O–H groups in total. The maximum Gasteiger partial charge on any atom is 0.411 e. The van der Waals surface area contributed by atoms with Crippen LogP contribution in [-0.2, 0) is 20.8 Å². The summed E-state index contributed by atoms with van der Waals surface area (Å²) in [5, 5.41) is 2.96. The molecule has 0 unspecified atom stereocenters. The van der Waals surface area contributed by atoms with Gasteiger partial charge < -0.3 is 19.1 Å². The van der Waals surface area contributed by atoms with Crippen molar-refractivity contribution < 1.29 is 23.8 Å². The minimum atomic E-state index is -0.386. The van der Waals surface area contributed by atoms with Gasteiger partial charge in [0, 0.05) is 51.9 Å². The lowest BCUT2D eigenvalue weighted by molar-refractivity contribution is -0.107. The number of methoxy groups -OCH3 is 2. The smallest absolute Gasteiger partial charge is 0.411 e. The van der Waals surface area contributed by atoms with Gasteiger partial charge >= 0.3 is 6.09 Å². The number of amides is 2. The zero-order valence-corrected chi connectivity index (χ0v) is 25.5. The number of likely N-dealkylation sites (tertiary alicyclic amines) is 1. The van der Waals surface area contributed by atoms with Gasteiger partial charge in [-0.2, -0.15) is 0 Å². The number of nitrogens with one attached hydrogen (secondary N) is 1. The highest BCUT2D eigenvalue weighted by Gasteiger charge is 2.47. The molecular formula is C35H43N3O5. The van der Waals surface area contributed by atoms with Crippen LogP contribution in [0.2, 0.25) is 0 Å². The lowest BCUT2D eigenvalue weighted by Crippen LogP contribution is -2.50. The molecule has 3 aromatic carbocycles. The largest absolute Gasteiger partial charge is 0.446 e. The van der Waals surface area contributed by atoms with E-state index in [9.17, 15) is 9.59 Å². The fraction of sp³-hybridized carbons (Fsp3) is 0.429. The predicted octanol–water partition coefficient (Wildman–Crippen LogP) is 6.43. The molecule has 1 saturated carbocycles. The number of anilines is 1. The van der Waals surface area contributed by atoms with Crippen molar-refractivity contribution in [2.24, 2.45) is 5.41 Å². The molecule has 2 aliphatic rings. The molecule has 0 radical (unpaired) electrons. The second-order valence-corrected chi connectivity index (χ2v) is 11.9. The number of nitrogens with zero attached hydrogens (tertiary/aromatic N) is 2. The summed E-state index contributed by atoms with van der Waals surface area (Å²) in [5.74, 6) is -0.00624. The number of benzene rings is 3. The van der Waals surface area contributed by atoms with Gasteiger partial charge in [0.25, 0.3) is 5.91 Å². The van der Waals surface area contributed by atoms with Crippen molar-refractivity contribution >= 4 is 17.7 Å². The Morgan fingerprint density at radius 3 is 2.26 bits per heavy atom. The van der Waals surface area contributed by atoms with Gasteiger partial charge in [0.05, 0.1) is 5.69 Å². The first-order valence-electron chi connectivity index (χ1n) is 15.1. The Balaban J connectivity index is 1.04. The summed E-state index contributed by atoms with van der Waals surface area (Å²) in [6, 6.07) is 25.8. The van der Waals surface area contributed by atoms with Gasteiger partial charge in [0.15, 0.2) is 6.29 Å². The third kappa shape index (κ3) is 7.82. The first-order valence-corrected chi connectivity index (χ1v) is 15.1. The van der Waals surface area contributed by atoms with E-state index in [1.165, 1.54) is 5.56 Å². The van der Waals surface area contributed by atoms with Crippen molar-refractivity contribution in [1.82, 2.24) is 9.80 Å². The number of ether oxygens (including phenoxy) is 3. The zero-order valence-electron chi connectivity index (χ0n) is 25.5. The molecule has 2 amide bonds. The van der Waals surface area contributed by atoms with Crippen LogP contribution in [0.3, 0.4) is 0 Å². The number of carbonyl (C=O) groups is 2. The molecule has 1 spiro atoms. The molecule has 0 bridgehead atoms. The molecular weight excluding hydrogens is 542 g/mol. The van der Waals surface area contributed by atoms with Crippen molar-refractivity contribution in [3.63, 3.8) is 0 Å². The van der Waals surface area contributed by atoms with Crippen molar-refractivity contribution in [2.75, 3.05) is 46.2 Å². The molecule has 1 aliphatic heterocycles. The molecule has 1 saturated heterocycles. The van der Waals surface area contributed by atoms with E-state index in [1.807, 2.05) is 66.7 Å². The van der Waals surface area contributed by atoms with Gasteiger partial charge in [-0.05, 0) is 73.5 Å². The Morgan fingerprint density at radius 2 is 1.58 bits per heavy atom. The summed E-state index contributed by atoms with van der Waals surface area (Å²) in [7, 11) is 5.00. The summed E-state index contributed by atoms with van der Waals surface area (Å²) >= 11 is 0. The summed E-state index contributed by atoms with van der Waals surface area (Å²) in [6.45, 7) is 3.47. The second kappa shape index (κ2) is 14.2. The van der Waals surface area contributed by atoms with E-state index in [-0.39, 0.29) is 29.8 Å². The molecule has 1 heterocycles. The maximum absolute atomic E-state index is 12.8.